The lowest BCUT2D eigenvalue weighted by atomic mass is 10.0. The Hall–Kier alpha value is -3.76. The summed E-state index contributed by atoms with van der Waals surface area (Å²) in [4.78, 5) is 32.0. The number of aromatic nitrogens is 1. The minimum atomic E-state index is -3.88. The van der Waals surface area contributed by atoms with Crippen LogP contribution < -0.4 is 18.5 Å². The van der Waals surface area contributed by atoms with Crippen LogP contribution in [-0.4, -0.2) is 89.1 Å². The summed E-state index contributed by atoms with van der Waals surface area (Å²) in [6.07, 6.45) is 4.46. The molecule has 2 aromatic carbocycles. The molecular formula is C34H37Cl2F2N3O9S. The highest BCUT2D eigenvalue weighted by Crippen LogP contribution is 2.38. The summed E-state index contributed by atoms with van der Waals surface area (Å²) in [6.45, 7) is 1.03. The second-order valence-corrected chi connectivity index (χ2v) is 14.8. The molecule has 0 bridgehead atoms. The average molecular weight is 773 g/mol. The molecule has 2 heterocycles. The summed E-state index contributed by atoms with van der Waals surface area (Å²) in [5.41, 5.74) is 0.653. The third-order valence-corrected chi connectivity index (χ3v) is 9.96. The molecule has 1 saturated heterocycles. The molecule has 2 fully saturated rings. The maximum Gasteiger partial charge on any atom is 0.387 e. The first-order chi connectivity index (χ1) is 24.3. The smallest absolute Gasteiger partial charge is 0.387 e. The van der Waals surface area contributed by atoms with E-state index in [4.69, 9.17) is 42.1 Å². The van der Waals surface area contributed by atoms with E-state index in [-0.39, 0.29) is 64.0 Å². The molecule has 0 radical (unpaired) electrons. The van der Waals surface area contributed by atoms with Gasteiger partial charge in [0.25, 0.3) is 0 Å². The van der Waals surface area contributed by atoms with Gasteiger partial charge in [-0.1, -0.05) is 29.3 Å². The SMILES string of the molecule is CC(=O)Oc1cc(C(=O)O[C@@H](Cc2c(Cl)cncc2Cl)c2ccc(OC(F)F)c(OCC3CC3)c2)cc(N(CCN2CCOCC2)S(C)(=O)=O)c1. The summed E-state index contributed by atoms with van der Waals surface area (Å²) in [5.74, 6) is -1.60. The summed E-state index contributed by atoms with van der Waals surface area (Å²) in [7, 11) is -3.88. The number of halogens is 4. The lowest BCUT2D eigenvalue weighted by molar-refractivity contribution is -0.131. The molecule has 3 aromatic rings. The van der Waals surface area contributed by atoms with Gasteiger partial charge in [-0.05, 0) is 54.2 Å². The van der Waals surface area contributed by atoms with Gasteiger partial charge in [0.1, 0.15) is 11.9 Å². The molecule has 1 saturated carbocycles. The Bertz CT molecular complexity index is 1810. The molecule has 1 aliphatic carbocycles. The molecule has 1 aliphatic heterocycles. The molecule has 0 amide bonds. The number of morpholine rings is 1. The average Bonchev–Trinajstić information content (AvgIpc) is 3.89. The lowest BCUT2D eigenvalue weighted by Gasteiger charge is -2.30. The van der Waals surface area contributed by atoms with Crippen LogP contribution in [0.15, 0.2) is 48.8 Å². The molecule has 51 heavy (non-hydrogen) atoms. The van der Waals surface area contributed by atoms with E-state index >= 15 is 0 Å². The van der Waals surface area contributed by atoms with E-state index in [9.17, 15) is 26.8 Å². The number of anilines is 1. The zero-order valence-electron chi connectivity index (χ0n) is 27.9. The van der Waals surface area contributed by atoms with Gasteiger partial charge in [0, 0.05) is 58.0 Å². The van der Waals surface area contributed by atoms with Crippen LogP contribution in [0, 0.1) is 5.92 Å². The number of hydrogen-bond donors (Lipinski definition) is 0. The molecule has 5 rings (SSSR count). The van der Waals surface area contributed by atoms with Gasteiger partial charge in [-0.25, -0.2) is 13.2 Å². The van der Waals surface area contributed by atoms with Crippen LogP contribution in [-0.2, 0) is 30.7 Å². The van der Waals surface area contributed by atoms with Gasteiger partial charge >= 0.3 is 18.6 Å². The number of ether oxygens (including phenoxy) is 5. The zero-order valence-corrected chi connectivity index (χ0v) is 30.2. The Morgan fingerprint density at radius 1 is 1.06 bits per heavy atom. The lowest BCUT2D eigenvalue weighted by Crippen LogP contribution is -2.43. The van der Waals surface area contributed by atoms with Gasteiger partial charge in [0.05, 0.1) is 47.4 Å². The summed E-state index contributed by atoms with van der Waals surface area (Å²) in [5, 5.41) is 0.379. The first-order valence-corrected chi connectivity index (χ1v) is 18.7. The number of sulfonamides is 1. The standard InChI is InChI=1S/C34H37Cl2F2N3O9S/c1-21(42)48-26-14-24(13-25(16-26)41(51(2,44)45)8-7-40-9-11-46-12-10-40)33(43)49-31(17-27-28(35)18-39-19-29(27)36)23-5-6-30(50-34(37)38)32(15-23)47-20-22-3-4-22/h5-6,13-16,18-19,22,31,34H,3-4,7-12,17,20H2,1-2H3/t31-/m0/s1. The van der Waals surface area contributed by atoms with Crippen LogP contribution in [0.4, 0.5) is 14.5 Å². The monoisotopic (exact) mass is 771 g/mol. The Morgan fingerprint density at radius 2 is 1.76 bits per heavy atom. The third kappa shape index (κ3) is 11.1. The second-order valence-electron chi connectivity index (χ2n) is 12.1. The van der Waals surface area contributed by atoms with E-state index in [0.29, 0.717) is 44.0 Å². The van der Waals surface area contributed by atoms with E-state index in [0.717, 1.165) is 23.4 Å². The van der Waals surface area contributed by atoms with Crippen LogP contribution in [0.3, 0.4) is 0 Å². The highest BCUT2D eigenvalue weighted by Gasteiger charge is 2.28. The maximum absolute atomic E-state index is 14.0. The number of esters is 2. The van der Waals surface area contributed by atoms with Crippen LogP contribution in [0.5, 0.6) is 17.2 Å². The third-order valence-electron chi connectivity index (χ3n) is 8.12. The van der Waals surface area contributed by atoms with Crippen molar-refractivity contribution in [2.45, 2.75) is 38.9 Å². The van der Waals surface area contributed by atoms with Crippen molar-refractivity contribution >= 4 is 50.9 Å². The van der Waals surface area contributed by atoms with Gasteiger partial charge in [-0.15, -0.1) is 0 Å². The largest absolute Gasteiger partial charge is 0.489 e. The molecule has 1 atom stereocenters. The van der Waals surface area contributed by atoms with Crippen molar-refractivity contribution in [2.75, 3.05) is 56.6 Å². The van der Waals surface area contributed by atoms with Crippen molar-refractivity contribution in [2.24, 2.45) is 5.92 Å². The van der Waals surface area contributed by atoms with Gasteiger partial charge in [-0.3, -0.25) is 19.0 Å². The fraction of sp³-hybridized carbons (Fsp3) is 0.441. The first-order valence-electron chi connectivity index (χ1n) is 16.1. The molecule has 2 aliphatic rings. The molecule has 0 N–H and O–H groups in total. The number of benzene rings is 2. The number of pyridine rings is 1. The molecule has 12 nitrogen and oxygen atoms in total. The maximum atomic E-state index is 14.0. The quantitative estimate of drug-likeness (QED) is 0.127. The number of carbonyl (C=O) groups excluding carboxylic acids is 2. The van der Waals surface area contributed by atoms with Gasteiger partial charge < -0.3 is 23.7 Å². The predicted molar refractivity (Wildman–Crippen MR) is 185 cm³/mol. The van der Waals surface area contributed by atoms with Gasteiger partial charge in [0.15, 0.2) is 11.5 Å². The van der Waals surface area contributed by atoms with E-state index in [2.05, 4.69) is 9.72 Å². The van der Waals surface area contributed by atoms with Crippen LogP contribution in [0.1, 0.15) is 47.4 Å². The highest BCUT2D eigenvalue weighted by molar-refractivity contribution is 7.92. The van der Waals surface area contributed by atoms with Crippen LogP contribution in [0.25, 0.3) is 0 Å². The van der Waals surface area contributed by atoms with E-state index < -0.39 is 34.7 Å². The molecule has 17 heteroatoms. The fourth-order valence-corrected chi connectivity index (χ4v) is 6.80. The van der Waals surface area contributed by atoms with Crippen molar-refractivity contribution in [1.29, 1.82) is 0 Å². The van der Waals surface area contributed by atoms with Crippen molar-refractivity contribution in [3.8, 4) is 17.2 Å². The Labute approximate surface area is 304 Å². The molecule has 0 unspecified atom stereocenters. The number of alkyl halides is 2. The zero-order chi connectivity index (χ0) is 36.7. The van der Waals surface area contributed by atoms with Crippen LogP contribution >= 0.6 is 23.2 Å². The van der Waals surface area contributed by atoms with E-state index in [1.165, 1.54) is 55.7 Å². The second kappa shape index (κ2) is 17.2. The Balaban J connectivity index is 1.51. The van der Waals surface area contributed by atoms with Gasteiger partial charge in [-0.2, -0.15) is 8.78 Å². The summed E-state index contributed by atoms with van der Waals surface area (Å²) in [6, 6.07) is 8.10. The molecule has 276 valence electrons. The molecular weight excluding hydrogens is 735 g/mol. The Morgan fingerprint density at radius 3 is 2.39 bits per heavy atom. The summed E-state index contributed by atoms with van der Waals surface area (Å²) >= 11 is 12.9. The predicted octanol–water partition coefficient (Wildman–Crippen LogP) is 5.94. The normalized spacial score (nSPS) is 15.7. The van der Waals surface area contributed by atoms with Crippen molar-refractivity contribution in [1.82, 2.24) is 9.88 Å². The minimum Gasteiger partial charge on any atom is -0.489 e. The van der Waals surface area contributed by atoms with Gasteiger partial charge in [0.2, 0.25) is 10.0 Å². The fourth-order valence-electron chi connectivity index (χ4n) is 5.38. The van der Waals surface area contributed by atoms with Crippen LogP contribution in [0.2, 0.25) is 10.0 Å². The van der Waals surface area contributed by atoms with Crippen molar-refractivity contribution < 1.29 is 50.5 Å². The molecule has 0 spiro atoms. The minimum absolute atomic E-state index is 0.0240. The van der Waals surface area contributed by atoms with Crippen molar-refractivity contribution in [3.63, 3.8) is 0 Å². The number of carbonyl (C=O) groups is 2. The Kier molecular flexibility index (Phi) is 13.0. The number of rotatable bonds is 16. The molecule has 1 aromatic heterocycles. The van der Waals surface area contributed by atoms with E-state index in [1.807, 2.05) is 4.90 Å². The number of hydrogen-bond acceptors (Lipinski definition) is 11. The first kappa shape index (κ1) is 38.5. The van der Waals surface area contributed by atoms with E-state index in [1.54, 1.807) is 0 Å². The van der Waals surface area contributed by atoms with Crippen molar-refractivity contribution in [3.05, 3.63) is 75.5 Å². The highest BCUT2D eigenvalue weighted by atomic mass is 35.5. The topological polar surface area (TPSA) is 134 Å². The summed E-state index contributed by atoms with van der Waals surface area (Å²) < 4.78 is 81.0. The number of nitrogens with zero attached hydrogens (tertiary/aromatic N) is 3.